The van der Waals surface area contributed by atoms with Gasteiger partial charge in [-0.2, -0.15) is 0 Å². The second-order valence-corrected chi connectivity index (χ2v) is 5.99. The van der Waals surface area contributed by atoms with Crippen molar-refractivity contribution < 1.29 is 14.4 Å². The van der Waals surface area contributed by atoms with Crippen molar-refractivity contribution in [3.05, 3.63) is 78.7 Å². The van der Waals surface area contributed by atoms with E-state index in [2.05, 4.69) is 6.92 Å². The fourth-order valence-electron chi connectivity index (χ4n) is 1.93. The summed E-state index contributed by atoms with van der Waals surface area (Å²) >= 11 is 0. The summed E-state index contributed by atoms with van der Waals surface area (Å²) in [7, 11) is -4.44. The first-order chi connectivity index (χ1) is 8.46. The molecule has 0 aromatic heterocycles. The molecule has 0 saturated heterocycles. The van der Waals surface area contributed by atoms with Crippen molar-refractivity contribution in [3.63, 3.8) is 0 Å². The van der Waals surface area contributed by atoms with Crippen LogP contribution < -0.4 is 0 Å². The fourth-order valence-corrected chi connectivity index (χ4v) is 2.90. The van der Waals surface area contributed by atoms with Gasteiger partial charge < -0.3 is 9.79 Å². The Morgan fingerprint density at radius 2 is 1.17 bits per heavy atom. The predicted molar refractivity (Wildman–Crippen MR) is 71.1 cm³/mol. The molecule has 0 fully saturated rings. The summed E-state index contributed by atoms with van der Waals surface area (Å²) in [6.45, 7) is 3.82. The Kier molecular flexibility index (Phi) is 3.40. The molecular weight excluding hydrogens is 247 g/mol. The third-order valence-corrected chi connectivity index (χ3v) is 4.51. The minimum Gasteiger partial charge on any atom is -0.324 e. The van der Waals surface area contributed by atoms with E-state index in [1.54, 1.807) is 60.7 Å². The molecule has 2 rings (SSSR count). The van der Waals surface area contributed by atoms with E-state index in [4.69, 9.17) is 0 Å². The highest BCUT2D eigenvalue weighted by atomic mass is 31.2. The molecule has 3 nitrogen and oxygen atoms in total. The van der Waals surface area contributed by atoms with Crippen LogP contribution in [0.15, 0.2) is 60.7 Å². The van der Waals surface area contributed by atoms with E-state index in [1.807, 2.05) is 0 Å². The van der Waals surface area contributed by atoms with E-state index < -0.39 is 12.8 Å². The Balaban J connectivity index is 2.67. The fraction of sp³-hybridized carbons (Fsp3) is 0.0714. The first kappa shape index (κ1) is 13.0. The molecule has 0 saturated carbocycles. The summed E-state index contributed by atoms with van der Waals surface area (Å²) in [5.41, 5.74) is 1.01. The molecule has 4 heteroatoms. The molecule has 0 aliphatic heterocycles. The van der Waals surface area contributed by atoms with Crippen molar-refractivity contribution in [3.8, 4) is 0 Å². The minimum atomic E-state index is -4.44. The summed E-state index contributed by atoms with van der Waals surface area (Å²) in [6, 6.07) is 17.3. The number of rotatable bonds is 3. The Labute approximate surface area is 106 Å². The highest BCUT2D eigenvalue weighted by Gasteiger charge is 2.45. The lowest BCUT2D eigenvalue weighted by atomic mass is 9.92. The van der Waals surface area contributed by atoms with Crippen LogP contribution in [0.5, 0.6) is 0 Å². The van der Waals surface area contributed by atoms with Gasteiger partial charge in [-0.15, -0.1) is 0 Å². The van der Waals surface area contributed by atoms with Crippen molar-refractivity contribution in [2.75, 3.05) is 0 Å². The van der Waals surface area contributed by atoms with Crippen LogP contribution in [0.25, 0.3) is 0 Å². The average Bonchev–Trinajstić information content (AvgIpc) is 2.38. The van der Waals surface area contributed by atoms with Crippen LogP contribution in [0.3, 0.4) is 0 Å². The zero-order valence-electron chi connectivity index (χ0n) is 9.73. The van der Waals surface area contributed by atoms with Gasteiger partial charge in [0, 0.05) is 0 Å². The van der Waals surface area contributed by atoms with Gasteiger partial charge in [0.2, 0.25) is 0 Å². The maximum Gasteiger partial charge on any atom is 0.340 e. The van der Waals surface area contributed by atoms with E-state index in [0.29, 0.717) is 11.1 Å². The second-order valence-electron chi connectivity index (χ2n) is 4.14. The van der Waals surface area contributed by atoms with Gasteiger partial charge in [0.15, 0.2) is 0 Å². The zero-order chi connectivity index (χ0) is 13.2. The lowest BCUT2D eigenvalue weighted by molar-refractivity contribution is 0.351. The summed E-state index contributed by atoms with van der Waals surface area (Å²) in [4.78, 5) is 19.4. The third kappa shape index (κ3) is 2.13. The van der Waals surface area contributed by atoms with Crippen LogP contribution in [0.1, 0.15) is 11.1 Å². The molecule has 0 atom stereocenters. The van der Waals surface area contributed by atoms with Gasteiger partial charge in [-0.1, -0.05) is 60.7 Å². The topological polar surface area (TPSA) is 57.5 Å². The maximum absolute atomic E-state index is 11.9. The molecule has 2 N–H and O–H groups in total. The molecule has 0 heterocycles. The summed E-state index contributed by atoms with van der Waals surface area (Å²) in [5, 5.41) is -1.56. The number of hydrogen-bond acceptors (Lipinski definition) is 1. The van der Waals surface area contributed by atoms with E-state index >= 15 is 0 Å². The van der Waals surface area contributed by atoms with Crippen molar-refractivity contribution in [1.29, 1.82) is 0 Å². The van der Waals surface area contributed by atoms with Crippen LogP contribution in [0.2, 0.25) is 0 Å². The number of hydrogen-bond donors (Lipinski definition) is 2. The second kappa shape index (κ2) is 4.69. The Morgan fingerprint density at radius 1 is 0.833 bits per heavy atom. The summed E-state index contributed by atoms with van der Waals surface area (Å²) < 4.78 is 11.9. The molecule has 2 aromatic rings. The molecule has 1 radical (unpaired) electrons. The van der Waals surface area contributed by atoms with Crippen LogP contribution in [0.4, 0.5) is 0 Å². The van der Waals surface area contributed by atoms with Crippen LogP contribution in [-0.2, 0) is 9.72 Å². The van der Waals surface area contributed by atoms with Gasteiger partial charge in [-0.05, 0) is 18.1 Å². The normalized spacial score (nSPS) is 12.4. The monoisotopic (exact) mass is 261 g/mol. The zero-order valence-corrected chi connectivity index (χ0v) is 10.6. The minimum absolute atomic E-state index is 0.504. The van der Waals surface area contributed by atoms with E-state index in [0.717, 1.165) is 0 Å². The first-order valence-corrected chi connectivity index (χ1v) is 7.09. The Bertz CT molecular complexity index is 521. The quantitative estimate of drug-likeness (QED) is 0.835. The van der Waals surface area contributed by atoms with E-state index in [9.17, 15) is 14.4 Å². The number of benzene rings is 2. The van der Waals surface area contributed by atoms with Crippen molar-refractivity contribution in [1.82, 2.24) is 0 Å². The molecule has 0 unspecified atom stereocenters. The summed E-state index contributed by atoms with van der Waals surface area (Å²) in [6.07, 6.45) is 0. The average molecular weight is 261 g/mol. The molecule has 0 aliphatic carbocycles. The lowest BCUT2D eigenvalue weighted by Crippen LogP contribution is -2.24. The molecule has 0 spiro atoms. The molecule has 0 aliphatic rings. The largest absolute Gasteiger partial charge is 0.340 e. The SMILES string of the molecule is [CH2]C(c1ccccc1)(c1ccccc1)P(=O)(O)O. The molecule has 18 heavy (non-hydrogen) atoms. The summed E-state index contributed by atoms with van der Waals surface area (Å²) in [5.74, 6) is 0. The lowest BCUT2D eigenvalue weighted by Gasteiger charge is -2.31. The molecule has 0 amide bonds. The third-order valence-electron chi connectivity index (χ3n) is 3.00. The van der Waals surface area contributed by atoms with E-state index in [-0.39, 0.29) is 0 Å². The van der Waals surface area contributed by atoms with Crippen molar-refractivity contribution in [2.45, 2.75) is 5.16 Å². The van der Waals surface area contributed by atoms with Crippen LogP contribution in [-0.4, -0.2) is 9.79 Å². The highest BCUT2D eigenvalue weighted by Crippen LogP contribution is 2.59. The highest BCUT2D eigenvalue weighted by molar-refractivity contribution is 7.53. The van der Waals surface area contributed by atoms with Crippen LogP contribution in [0, 0.1) is 6.92 Å². The maximum atomic E-state index is 11.9. The molecule has 93 valence electrons. The van der Waals surface area contributed by atoms with Gasteiger partial charge in [0.25, 0.3) is 0 Å². The predicted octanol–water partition coefficient (Wildman–Crippen LogP) is 2.94. The van der Waals surface area contributed by atoms with Crippen molar-refractivity contribution >= 4 is 7.60 Å². The van der Waals surface area contributed by atoms with Gasteiger partial charge in [-0.3, -0.25) is 4.57 Å². The van der Waals surface area contributed by atoms with Crippen molar-refractivity contribution in [2.24, 2.45) is 0 Å². The van der Waals surface area contributed by atoms with Gasteiger partial charge in [-0.25, -0.2) is 0 Å². The van der Waals surface area contributed by atoms with Gasteiger partial charge >= 0.3 is 7.60 Å². The Morgan fingerprint density at radius 3 is 1.44 bits per heavy atom. The molecular formula is C14H14O3P. The van der Waals surface area contributed by atoms with Gasteiger partial charge in [0.05, 0.1) is 0 Å². The standard InChI is InChI=1S/C14H14O3P/c1-14(18(15,16)17,12-8-4-2-5-9-12)13-10-6-3-7-11-13/h2-11H,1H2,(H2,15,16,17). The Hall–Kier alpha value is -1.41. The molecule has 2 aromatic carbocycles. The smallest absolute Gasteiger partial charge is 0.324 e. The van der Waals surface area contributed by atoms with E-state index in [1.165, 1.54) is 0 Å². The molecule has 0 bridgehead atoms. The van der Waals surface area contributed by atoms with Crippen LogP contribution >= 0.6 is 7.60 Å². The first-order valence-electron chi connectivity index (χ1n) is 5.48. The van der Waals surface area contributed by atoms with Gasteiger partial charge in [0.1, 0.15) is 5.16 Å².